The van der Waals surface area contributed by atoms with Gasteiger partial charge in [0.2, 0.25) is 5.91 Å². The molecule has 1 N–H and O–H groups in total. The van der Waals surface area contributed by atoms with Crippen LogP contribution in [0.15, 0.2) is 54.1 Å². The first-order valence-corrected chi connectivity index (χ1v) is 9.88. The summed E-state index contributed by atoms with van der Waals surface area (Å²) in [5.74, 6) is 0.709. The van der Waals surface area contributed by atoms with Gasteiger partial charge in [0.15, 0.2) is 0 Å². The summed E-state index contributed by atoms with van der Waals surface area (Å²) in [4.78, 5) is 31.3. The quantitative estimate of drug-likeness (QED) is 0.626. The molecule has 128 valence electrons. The maximum Gasteiger partial charge on any atom is 0.286 e. The molecule has 0 spiro atoms. The summed E-state index contributed by atoms with van der Waals surface area (Å²) in [7, 11) is 0. The monoisotopic (exact) mass is 373 g/mol. The molecule has 0 aromatic carbocycles. The number of hydrogen-bond donors (Lipinski definition) is 1. The summed E-state index contributed by atoms with van der Waals surface area (Å²) < 4.78 is 1.98. The molecule has 0 bridgehead atoms. The lowest BCUT2D eigenvalue weighted by Crippen LogP contribution is -2.68. The molecule has 2 aliphatic rings. The van der Waals surface area contributed by atoms with Gasteiger partial charge in [0.25, 0.3) is 12.2 Å². The Balaban J connectivity index is 1.36. The van der Waals surface area contributed by atoms with Crippen LogP contribution in [0.2, 0.25) is 0 Å². The molecule has 4 rings (SSSR count). The van der Waals surface area contributed by atoms with Crippen LogP contribution in [0, 0.1) is 0 Å². The van der Waals surface area contributed by atoms with Gasteiger partial charge in [-0.15, -0.1) is 23.1 Å². The number of rotatable bonds is 5. The summed E-state index contributed by atoms with van der Waals surface area (Å²) in [6, 6.07) is 5.32. The zero-order valence-electron chi connectivity index (χ0n) is 13.4. The molecule has 0 saturated carbocycles. The van der Waals surface area contributed by atoms with Crippen LogP contribution in [0.3, 0.4) is 0 Å². The topological polar surface area (TPSA) is 66.2 Å². The molecule has 2 amide bonds. The second kappa shape index (κ2) is 6.97. The predicted octanol–water partition coefficient (Wildman–Crippen LogP) is 0.957. The van der Waals surface area contributed by atoms with Crippen LogP contribution in [0.5, 0.6) is 0 Å². The molecule has 2 aliphatic heterocycles. The van der Waals surface area contributed by atoms with Crippen molar-refractivity contribution in [2.24, 2.45) is 0 Å². The fourth-order valence-electron chi connectivity index (χ4n) is 2.93. The average Bonchev–Trinajstić information content (AvgIpc) is 3.13. The molecule has 1 unspecified atom stereocenters. The van der Waals surface area contributed by atoms with Crippen LogP contribution >= 0.6 is 23.1 Å². The minimum absolute atomic E-state index is 0.00225. The van der Waals surface area contributed by atoms with Gasteiger partial charge in [-0.25, -0.2) is 4.57 Å². The van der Waals surface area contributed by atoms with E-state index in [9.17, 15) is 9.59 Å². The minimum atomic E-state index is -0.415. The minimum Gasteiger partial charge on any atom is -0.341 e. The third-order valence-electron chi connectivity index (χ3n) is 4.12. The first-order chi connectivity index (χ1) is 12.2. The van der Waals surface area contributed by atoms with Crippen molar-refractivity contribution in [2.45, 2.75) is 24.4 Å². The molecule has 2 aromatic rings. The molecule has 1 fully saturated rings. The van der Waals surface area contributed by atoms with E-state index < -0.39 is 6.04 Å². The standard InChI is InChI=1S/C17H16N4O2S2/c22-14(7-13-3-1-6-24-13)19-15-16(23)21-9-12(10-25-17(15)21)8-20-5-2-4-18-11-20/h1-6,9,11,15,17H,7-8,10H2/p+1/t15?,17-/m1/s1. The summed E-state index contributed by atoms with van der Waals surface area (Å²) in [5.41, 5.74) is 1.16. The number of amides is 2. The van der Waals surface area contributed by atoms with E-state index in [1.165, 1.54) is 0 Å². The maximum atomic E-state index is 12.4. The molecular formula is C17H17N4O2S2+. The highest BCUT2D eigenvalue weighted by atomic mass is 32.2. The van der Waals surface area contributed by atoms with E-state index in [0.717, 1.165) is 16.2 Å². The van der Waals surface area contributed by atoms with Gasteiger partial charge < -0.3 is 10.2 Å². The number of thiophene rings is 1. The number of fused-ring (bicyclic) bond motifs is 1. The van der Waals surface area contributed by atoms with Crippen LogP contribution in [-0.2, 0) is 22.6 Å². The first kappa shape index (κ1) is 16.3. The van der Waals surface area contributed by atoms with Crippen LogP contribution in [0.4, 0.5) is 0 Å². The number of β-lactam (4-membered cyclic amide) rings is 1. The molecule has 2 atom stereocenters. The van der Waals surface area contributed by atoms with E-state index in [4.69, 9.17) is 0 Å². The predicted molar refractivity (Wildman–Crippen MR) is 95.6 cm³/mol. The highest BCUT2D eigenvalue weighted by molar-refractivity contribution is 8.00. The number of carbonyl (C=O) groups is 2. The highest BCUT2D eigenvalue weighted by Gasteiger charge is 2.49. The number of thioether (sulfide) groups is 1. The summed E-state index contributed by atoms with van der Waals surface area (Å²) in [6.07, 6.45) is 7.71. The third-order valence-corrected chi connectivity index (χ3v) is 6.38. The normalized spacial score (nSPS) is 22.0. The second-order valence-corrected chi connectivity index (χ2v) is 8.10. The molecule has 0 radical (unpaired) electrons. The Kier molecular flexibility index (Phi) is 4.54. The van der Waals surface area contributed by atoms with Gasteiger partial charge in [0.05, 0.1) is 12.6 Å². The van der Waals surface area contributed by atoms with Gasteiger partial charge in [0, 0.05) is 22.9 Å². The lowest BCUT2D eigenvalue weighted by atomic mass is 10.1. The third kappa shape index (κ3) is 3.45. The van der Waals surface area contributed by atoms with Crippen molar-refractivity contribution in [3.8, 4) is 0 Å². The summed E-state index contributed by atoms with van der Waals surface area (Å²) >= 11 is 3.24. The van der Waals surface area contributed by atoms with Crippen molar-refractivity contribution in [1.29, 1.82) is 0 Å². The van der Waals surface area contributed by atoms with Crippen molar-refractivity contribution in [3.05, 3.63) is 59.0 Å². The Labute approximate surface area is 153 Å². The molecule has 0 aliphatic carbocycles. The molecule has 1 saturated heterocycles. The molecule has 25 heavy (non-hydrogen) atoms. The Bertz CT molecular complexity index is 807. The molecule has 6 nitrogen and oxygen atoms in total. The van der Waals surface area contributed by atoms with Crippen LogP contribution in [0.25, 0.3) is 0 Å². The number of nitrogens with zero attached hydrogens (tertiary/aromatic N) is 3. The van der Waals surface area contributed by atoms with E-state index in [-0.39, 0.29) is 17.2 Å². The van der Waals surface area contributed by atoms with Gasteiger partial charge in [0.1, 0.15) is 24.2 Å². The largest absolute Gasteiger partial charge is 0.341 e. The number of aromatic nitrogens is 2. The van der Waals surface area contributed by atoms with Crippen LogP contribution in [0.1, 0.15) is 4.88 Å². The van der Waals surface area contributed by atoms with E-state index >= 15 is 0 Å². The van der Waals surface area contributed by atoms with E-state index in [0.29, 0.717) is 13.0 Å². The molecule has 4 heterocycles. The van der Waals surface area contributed by atoms with Crippen LogP contribution in [-0.4, -0.2) is 38.9 Å². The Morgan fingerprint density at radius 2 is 2.36 bits per heavy atom. The van der Waals surface area contributed by atoms with Crippen molar-refractivity contribution >= 4 is 34.9 Å². The number of hydrogen-bond acceptors (Lipinski definition) is 5. The Morgan fingerprint density at radius 1 is 1.44 bits per heavy atom. The highest BCUT2D eigenvalue weighted by Crippen LogP contribution is 2.36. The van der Waals surface area contributed by atoms with E-state index in [2.05, 4.69) is 10.3 Å². The summed E-state index contributed by atoms with van der Waals surface area (Å²) in [6.45, 7) is 0.715. The first-order valence-electron chi connectivity index (χ1n) is 7.95. The van der Waals surface area contributed by atoms with E-state index in [1.54, 1.807) is 40.5 Å². The SMILES string of the molecule is O=C(Cc1cccs1)NC1C(=O)N2C=C(C[n+]3cccnc3)CS[C@H]12. The van der Waals surface area contributed by atoms with Gasteiger partial charge in [-0.1, -0.05) is 11.1 Å². The van der Waals surface area contributed by atoms with Gasteiger partial charge in [-0.2, -0.15) is 0 Å². The van der Waals surface area contributed by atoms with E-state index in [1.807, 2.05) is 40.5 Å². The zero-order chi connectivity index (χ0) is 17.2. The van der Waals surface area contributed by atoms with Gasteiger partial charge >= 0.3 is 0 Å². The lowest BCUT2D eigenvalue weighted by molar-refractivity contribution is -0.691. The van der Waals surface area contributed by atoms with Crippen LogP contribution < -0.4 is 9.88 Å². The second-order valence-electron chi connectivity index (χ2n) is 5.96. The maximum absolute atomic E-state index is 12.4. The average molecular weight is 373 g/mol. The molecule has 2 aromatic heterocycles. The Hall–Kier alpha value is -2.19. The molecular weight excluding hydrogens is 356 g/mol. The number of carbonyl (C=O) groups excluding carboxylic acids is 2. The fraction of sp³-hybridized carbons (Fsp3) is 0.294. The molecule has 8 heteroatoms. The van der Waals surface area contributed by atoms with Crippen molar-refractivity contribution in [2.75, 3.05) is 5.75 Å². The summed E-state index contributed by atoms with van der Waals surface area (Å²) in [5, 5.41) is 4.83. The van der Waals surface area contributed by atoms with Gasteiger partial charge in [-0.05, 0) is 17.0 Å². The van der Waals surface area contributed by atoms with Crippen molar-refractivity contribution in [1.82, 2.24) is 15.2 Å². The van der Waals surface area contributed by atoms with Gasteiger partial charge in [-0.3, -0.25) is 9.59 Å². The fourth-order valence-corrected chi connectivity index (χ4v) is 4.89. The van der Waals surface area contributed by atoms with Crippen molar-refractivity contribution in [3.63, 3.8) is 0 Å². The number of nitrogens with one attached hydrogen (secondary N) is 1. The smallest absolute Gasteiger partial charge is 0.286 e. The Morgan fingerprint density at radius 3 is 3.12 bits per heavy atom. The van der Waals surface area contributed by atoms with Crippen molar-refractivity contribution < 1.29 is 14.2 Å². The zero-order valence-corrected chi connectivity index (χ0v) is 15.0. The lowest BCUT2D eigenvalue weighted by Gasteiger charge is -2.47.